The minimum absolute atomic E-state index is 0.490. The van der Waals surface area contributed by atoms with Gasteiger partial charge in [-0.3, -0.25) is 0 Å². The van der Waals surface area contributed by atoms with Crippen LogP contribution >= 0.6 is 0 Å². The third-order valence-electron chi connectivity index (χ3n) is 3.25. The Morgan fingerprint density at radius 2 is 2.00 bits per heavy atom. The summed E-state index contributed by atoms with van der Waals surface area (Å²) in [4.78, 5) is 4.65. The van der Waals surface area contributed by atoms with Gasteiger partial charge in [-0.1, -0.05) is 33.8 Å². The van der Waals surface area contributed by atoms with E-state index in [4.69, 9.17) is 0 Å². The van der Waals surface area contributed by atoms with E-state index in [-0.39, 0.29) is 0 Å². The van der Waals surface area contributed by atoms with Crippen molar-refractivity contribution in [2.45, 2.75) is 46.0 Å². The Kier molecular flexibility index (Phi) is 2.99. The smallest absolute Gasteiger partial charge is 0.137 e. The van der Waals surface area contributed by atoms with E-state index in [1.54, 1.807) is 0 Å². The van der Waals surface area contributed by atoms with E-state index in [0.717, 1.165) is 12.1 Å². The van der Waals surface area contributed by atoms with E-state index in [1.807, 2.05) is 0 Å². The van der Waals surface area contributed by atoms with Crippen molar-refractivity contribution in [3.63, 3.8) is 0 Å². The van der Waals surface area contributed by atoms with Crippen LogP contribution in [0.2, 0.25) is 0 Å². The first-order valence-electron chi connectivity index (χ1n) is 6.11. The summed E-state index contributed by atoms with van der Waals surface area (Å²) in [5.74, 6) is 1.07. The average molecular weight is 216 g/mol. The van der Waals surface area contributed by atoms with Crippen molar-refractivity contribution in [3.05, 3.63) is 35.8 Å². The van der Waals surface area contributed by atoms with Crippen molar-refractivity contribution in [1.29, 1.82) is 0 Å². The minimum atomic E-state index is 0.490. The zero-order valence-electron chi connectivity index (χ0n) is 10.6. The molecule has 2 heterocycles. The fraction of sp³-hybridized carbons (Fsp3) is 0.500. The molecule has 2 aromatic rings. The molecule has 16 heavy (non-hydrogen) atoms. The van der Waals surface area contributed by atoms with Crippen LogP contribution in [0.15, 0.2) is 24.4 Å². The first kappa shape index (κ1) is 11.2. The number of fused-ring (bicyclic) bond motifs is 1. The zero-order valence-corrected chi connectivity index (χ0v) is 10.6. The van der Waals surface area contributed by atoms with Gasteiger partial charge in [0.05, 0.1) is 5.69 Å². The third-order valence-corrected chi connectivity index (χ3v) is 3.25. The fourth-order valence-electron chi connectivity index (χ4n) is 1.94. The molecule has 2 rings (SSSR count). The lowest BCUT2D eigenvalue weighted by Gasteiger charge is -2.11. The SMILES string of the molecule is CCC(C)c1cccc2nc(C(C)C)cn12. The van der Waals surface area contributed by atoms with Crippen molar-refractivity contribution in [1.82, 2.24) is 9.38 Å². The van der Waals surface area contributed by atoms with E-state index in [2.05, 4.69) is 61.5 Å². The van der Waals surface area contributed by atoms with E-state index in [9.17, 15) is 0 Å². The highest BCUT2D eigenvalue weighted by atomic mass is 15.0. The second kappa shape index (κ2) is 4.28. The van der Waals surface area contributed by atoms with Crippen molar-refractivity contribution in [2.75, 3.05) is 0 Å². The number of nitrogens with zero attached hydrogens (tertiary/aromatic N) is 2. The molecule has 0 fully saturated rings. The van der Waals surface area contributed by atoms with E-state index < -0.39 is 0 Å². The van der Waals surface area contributed by atoms with Gasteiger partial charge in [-0.25, -0.2) is 4.98 Å². The van der Waals surface area contributed by atoms with Gasteiger partial charge in [-0.2, -0.15) is 0 Å². The van der Waals surface area contributed by atoms with Gasteiger partial charge in [-0.05, 0) is 30.4 Å². The first-order chi connectivity index (χ1) is 7.63. The summed E-state index contributed by atoms with van der Waals surface area (Å²) < 4.78 is 2.24. The summed E-state index contributed by atoms with van der Waals surface area (Å²) in [6.45, 7) is 8.86. The van der Waals surface area contributed by atoms with Gasteiger partial charge >= 0.3 is 0 Å². The number of rotatable bonds is 3. The van der Waals surface area contributed by atoms with Gasteiger partial charge in [0.2, 0.25) is 0 Å². The van der Waals surface area contributed by atoms with Crippen LogP contribution in [-0.2, 0) is 0 Å². The van der Waals surface area contributed by atoms with Gasteiger partial charge in [0.1, 0.15) is 5.65 Å². The Hall–Kier alpha value is -1.31. The molecule has 0 N–H and O–H groups in total. The summed E-state index contributed by atoms with van der Waals surface area (Å²) in [7, 11) is 0. The van der Waals surface area contributed by atoms with Crippen LogP contribution in [0.1, 0.15) is 57.3 Å². The molecule has 2 aromatic heterocycles. The minimum Gasteiger partial charge on any atom is -0.304 e. The highest BCUT2D eigenvalue weighted by Crippen LogP contribution is 2.22. The maximum atomic E-state index is 4.65. The molecule has 0 aromatic carbocycles. The number of pyridine rings is 1. The van der Waals surface area contributed by atoms with E-state index in [0.29, 0.717) is 11.8 Å². The van der Waals surface area contributed by atoms with Gasteiger partial charge in [0, 0.05) is 11.9 Å². The lowest BCUT2D eigenvalue weighted by atomic mass is 10.0. The van der Waals surface area contributed by atoms with Crippen LogP contribution in [-0.4, -0.2) is 9.38 Å². The van der Waals surface area contributed by atoms with Crippen LogP contribution in [0, 0.1) is 0 Å². The molecular formula is C14H20N2. The molecule has 0 spiro atoms. The molecule has 0 saturated heterocycles. The topological polar surface area (TPSA) is 17.3 Å². The standard InChI is InChI=1S/C14H20N2/c1-5-11(4)13-7-6-8-14-15-12(10(2)3)9-16(13)14/h6-11H,5H2,1-4H3. The van der Waals surface area contributed by atoms with Crippen molar-refractivity contribution in [3.8, 4) is 0 Å². The molecule has 0 radical (unpaired) electrons. The van der Waals surface area contributed by atoms with Gasteiger partial charge in [0.15, 0.2) is 0 Å². The normalized spacial score (nSPS) is 13.6. The Morgan fingerprint density at radius 1 is 1.25 bits per heavy atom. The Balaban J connectivity index is 2.58. The molecule has 0 bridgehead atoms. The Bertz CT molecular complexity index is 482. The summed E-state index contributed by atoms with van der Waals surface area (Å²) in [5, 5.41) is 0. The third kappa shape index (κ3) is 1.84. The maximum absolute atomic E-state index is 4.65. The number of imidazole rings is 1. The Morgan fingerprint density at radius 3 is 2.62 bits per heavy atom. The maximum Gasteiger partial charge on any atom is 0.137 e. The predicted octanol–water partition coefficient (Wildman–Crippen LogP) is 3.97. The molecule has 0 aliphatic carbocycles. The fourth-order valence-corrected chi connectivity index (χ4v) is 1.94. The summed E-state index contributed by atoms with van der Waals surface area (Å²) >= 11 is 0. The van der Waals surface area contributed by atoms with Crippen LogP contribution < -0.4 is 0 Å². The second-order valence-electron chi connectivity index (χ2n) is 4.81. The van der Waals surface area contributed by atoms with E-state index in [1.165, 1.54) is 11.4 Å². The van der Waals surface area contributed by atoms with E-state index >= 15 is 0 Å². The van der Waals surface area contributed by atoms with Crippen LogP contribution in [0.3, 0.4) is 0 Å². The quantitative estimate of drug-likeness (QED) is 0.758. The van der Waals surface area contributed by atoms with Crippen LogP contribution in [0.5, 0.6) is 0 Å². The number of hydrogen-bond donors (Lipinski definition) is 0. The molecule has 1 unspecified atom stereocenters. The molecular weight excluding hydrogens is 196 g/mol. The second-order valence-corrected chi connectivity index (χ2v) is 4.81. The summed E-state index contributed by atoms with van der Waals surface area (Å²) in [6, 6.07) is 6.39. The number of hydrogen-bond acceptors (Lipinski definition) is 1. The first-order valence-corrected chi connectivity index (χ1v) is 6.11. The molecule has 0 aliphatic heterocycles. The Labute approximate surface area is 97.3 Å². The monoisotopic (exact) mass is 216 g/mol. The molecule has 0 aliphatic rings. The highest BCUT2D eigenvalue weighted by molar-refractivity contribution is 5.43. The van der Waals surface area contributed by atoms with Crippen LogP contribution in [0.25, 0.3) is 5.65 Å². The van der Waals surface area contributed by atoms with Gasteiger partial charge in [-0.15, -0.1) is 0 Å². The zero-order chi connectivity index (χ0) is 11.7. The lowest BCUT2D eigenvalue weighted by Crippen LogP contribution is -1.99. The van der Waals surface area contributed by atoms with Crippen molar-refractivity contribution in [2.24, 2.45) is 0 Å². The largest absolute Gasteiger partial charge is 0.304 e. The van der Waals surface area contributed by atoms with Gasteiger partial charge in [0.25, 0.3) is 0 Å². The van der Waals surface area contributed by atoms with Crippen LogP contribution in [0.4, 0.5) is 0 Å². The summed E-state index contributed by atoms with van der Waals surface area (Å²) in [6.07, 6.45) is 3.34. The van der Waals surface area contributed by atoms with Crippen molar-refractivity contribution < 1.29 is 0 Å². The predicted molar refractivity (Wildman–Crippen MR) is 68.0 cm³/mol. The molecule has 2 heteroatoms. The molecule has 1 atom stereocenters. The molecule has 0 saturated carbocycles. The molecule has 2 nitrogen and oxygen atoms in total. The number of aromatic nitrogens is 2. The summed E-state index contributed by atoms with van der Waals surface area (Å²) in [5.41, 5.74) is 3.61. The molecule has 0 amide bonds. The lowest BCUT2D eigenvalue weighted by molar-refractivity contribution is 0.696. The van der Waals surface area contributed by atoms with Gasteiger partial charge < -0.3 is 4.40 Å². The van der Waals surface area contributed by atoms with Crippen molar-refractivity contribution >= 4 is 5.65 Å². The molecule has 86 valence electrons. The average Bonchev–Trinajstić information content (AvgIpc) is 2.71. The highest BCUT2D eigenvalue weighted by Gasteiger charge is 2.10.